The number of nitrogens with zero attached hydrogens (tertiary/aromatic N) is 2. The Morgan fingerprint density at radius 2 is 2.29 bits per heavy atom. The Balaban J connectivity index is 2.76. The Hall–Kier alpha value is -1.29. The second kappa shape index (κ2) is 4.28. The van der Waals surface area contributed by atoms with E-state index in [1.807, 2.05) is 12.1 Å². The van der Waals surface area contributed by atoms with E-state index in [0.717, 1.165) is 5.69 Å². The van der Waals surface area contributed by atoms with Crippen LogP contribution in [0.1, 0.15) is 18.7 Å². The van der Waals surface area contributed by atoms with Crippen LogP contribution < -0.4 is 0 Å². The molecule has 4 heteroatoms. The van der Waals surface area contributed by atoms with Gasteiger partial charge in [0, 0.05) is 26.0 Å². The maximum atomic E-state index is 11.4. The highest BCUT2D eigenvalue weighted by Crippen LogP contribution is 2.12. The van der Waals surface area contributed by atoms with Gasteiger partial charge in [-0.1, -0.05) is 0 Å². The van der Waals surface area contributed by atoms with Gasteiger partial charge >= 0.3 is 0 Å². The van der Waals surface area contributed by atoms with Crippen molar-refractivity contribution in [2.75, 3.05) is 14.1 Å². The third kappa shape index (κ3) is 2.35. The van der Waals surface area contributed by atoms with Crippen LogP contribution in [-0.4, -0.2) is 34.6 Å². The van der Waals surface area contributed by atoms with Gasteiger partial charge in [-0.3, -0.25) is 4.79 Å². The molecule has 0 aliphatic heterocycles. The standard InChI is InChI=1S/C10H16N2O2/c1-8(13)9-5-4-6-12(9)7-10(14)11(2)3/h4-6,8,13H,7H2,1-3H3. The first-order valence-corrected chi connectivity index (χ1v) is 4.55. The van der Waals surface area contributed by atoms with Crippen LogP contribution in [0.25, 0.3) is 0 Å². The minimum absolute atomic E-state index is 0.0168. The number of hydrogen-bond donors (Lipinski definition) is 1. The zero-order valence-electron chi connectivity index (χ0n) is 8.77. The average Bonchev–Trinajstić information content (AvgIpc) is 2.52. The van der Waals surface area contributed by atoms with E-state index in [2.05, 4.69) is 0 Å². The van der Waals surface area contributed by atoms with E-state index in [1.165, 1.54) is 4.90 Å². The van der Waals surface area contributed by atoms with Crippen LogP contribution in [0, 0.1) is 0 Å². The third-order valence-corrected chi connectivity index (χ3v) is 2.10. The summed E-state index contributed by atoms with van der Waals surface area (Å²) in [6.07, 6.45) is 1.25. The van der Waals surface area contributed by atoms with Gasteiger partial charge in [-0.2, -0.15) is 0 Å². The molecule has 0 aliphatic carbocycles. The predicted molar refractivity (Wildman–Crippen MR) is 53.8 cm³/mol. The number of aliphatic hydroxyl groups excluding tert-OH is 1. The Labute approximate surface area is 83.8 Å². The lowest BCUT2D eigenvalue weighted by Crippen LogP contribution is -2.26. The van der Waals surface area contributed by atoms with E-state index < -0.39 is 6.10 Å². The molecule has 1 heterocycles. The van der Waals surface area contributed by atoms with Crippen molar-refractivity contribution in [3.05, 3.63) is 24.0 Å². The minimum atomic E-state index is -0.542. The summed E-state index contributed by atoms with van der Waals surface area (Å²) < 4.78 is 1.76. The summed E-state index contributed by atoms with van der Waals surface area (Å²) in [6.45, 7) is 1.96. The molecule has 0 saturated heterocycles. The molecule has 1 aromatic heterocycles. The van der Waals surface area contributed by atoms with Crippen LogP contribution in [0.3, 0.4) is 0 Å². The van der Waals surface area contributed by atoms with Crippen molar-refractivity contribution >= 4 is 5.91 Å². The number of carbonyl (C=O) groups is 1. The molecular formula is C10H16N2O2. The van der Waals surface area contributed by atoms with Crippen molar-refractivity contribution in [3.63, 3.8) is 0 Å². The van der Waals surface area contributed by atoms with Gasteiger partial charge in [0.2, 0.25) is 5.91 Å². The second-order valence-corrected chi connectivity index (χ2v) is 3.53. The normalized spacial score (nSPS) is 12.6. The molecule has 0 saturated carbocycles. The van der Waals surface area contributed by atoms with Gasteiger partial charge in [0.1, 0.15) is 6.54 Å². The van der Waals surface area contributed by atoms with Gasteiger partial charge in [0.25, 0.3) is 0 Å². The SMILES string of the molecule is CC(O)c1cccn1CC(=O)N(C)C. The summed E-state index contributed by atoms with van der Waals surface area (Å²) in [5.41, 5.74) is 0.764. The lowest BCUT2D eigenvalue weighted by atomic mass is 10.3. The second-order valence-electron chi connectivity index (χ2n) is 3.53. The van der Waals surface area contributed by atoms with Crippen LogP contribution >= 0.6 is 0 Å². The predicted octanol–water partition coefficient (Wildman–Crippen LogP) is 0.630. The quantitative estimate of drug-likeness (QED) is 0.770. The van der Waals surface area contributed by atoms with E-state index in [-0.39, 0.29) is 12.5 Å². The molecule has 14 heavy (non-hydrogen) atoms. The fourth-order valence-electron chi connectivity index (χ4n) is 1.24. The van der Waals surface area contributed by atoms with E-state index >= 15 is 0 Å². The van der Waals surface area contributed by atoms with Gasteiger partial charge < -0.3 is 14.6 Å². The molecule has 0 spiro atoms. The van der Waals surface area contributed by atoms with E-state index in [4.69, 9.17) is 0 Å². The molecular weight excluding hydrogens is 180 g/mol. The summed E-state index contributed by atoms with van der Waals surface area (Å²) >= 11 is 0. The van der Waals surface area contributed by atoms with Gasteiger partial charge in [-0.15, -0.1) is 0 Å². The lowest BCUT2D eigenvalue weighted by molar-refractivity contribution is -0.129. The number of rotatable bonds is 3. The van der Waals surface area contributed by atoms with Crippen LogP contribution in [-0.2, 0) is 11.3 Å². The average molecular weight is 196 g/mol. The number of hydrogen-bond acceptors (Lipinski definition) is 2. The van der Waals surface area contributed by atoms with E-state index in [1.54, 1.807) is 31.8 Å². The van der Waals surface area contributed by atoms with Gasteiger partial charge in [-0.25, -0.2) is 0 Å². The molecule has 78 valence electrons. The summed E-state index contributed by atoms with van der Waals surface area (Å²) in [4.78, 5) is 12.9. The fourth-order valence-corrected chi connectivity index (χ4v) is 1.24. The van der Waals surface area contributed by atoms with E-state index in [0.29, 0.717) is 0 Å². The van der Waals surface area contributed by atoms with Crippen molar-refractivity contribution in [1.82, 2.24) is 9.47 Å². The Morgan fingerprint density at radius 1 is 1.64 bits per heavy atom. The number of amides is 1. The van der Waals surface area contributed by atoms with Crippen LogP contribution in [0.4, 0.5) is 0 Å². The highest BCUT2D eigenvalue weighted by molar-refractivity contribution is 5.75. The van der Waals surface area contributed by atoms with Gasteiger partial charge in [0.15, 0.2) is 0 Å². The highest BCUT2D eigenvalue weighted by atomic mass is 16.3. The number of carbonyl (C=O) groups excluding carboxylic acids is 1. The van der Waals surface area contributed by atoms with Crippen molar-refractivity contribution in [2.24, 2.45) is 0 Å². The molecule has 4 nitrogen and oxygen atoms in total. The molecule has 1 atom stereocenters. The molecule has 0 radical (unpaired) electrons. The molecule has 1 N–H and O–H groups in total. The number of aliphatic hydroxyl groups is 1. The first-order chi connectivity index (χ1) is 6.52. The zero-order valence-corrected chi connectivity index (χ0v) is 8.77. The molecule has 0 fully saturated rings. The maximum absolute atomic E-state index is 11.4. The smallest absolute Gasteiger partial charge is 0.241 e. The summed E-state index contributed by atoms with van der Waals surface area (Å²) in [7, 11) is 3.43. The molecule has 1 amide bonds. The van der Waals surface area contributed by atoms with Crippen molar-refractivity contribution in [1.29, 1.82) is 0 Å². The topological polar surface area (TPSA) is 45.5 Å². The molecule has 1 aromatic rings. The van der Waals surface area contributed by atoms with E-state index in [9.17, 15) is 9.90 Å². The maximum Gasteiger partial charge on any atom is 0.241 e. The molecule has 0 bridgehead atoms. The zero-order chi connectivity index (χ0) is 10.7. The van der Waals surface area contributed by atoms with Crippen LogP contribution in [0.2, 0.25) is 0 Å². The Morgan fingerprint density at radius 3 is 2.79 bits per heavy atom. The molecule has 0 aliphatic rings. The lowest BCUT2D eigenvalue weighted by Gasteiger charge is -2.14. The first-order valence-electron chi connectivity index (χ1n) is 4.55. The van der Waals surface area contributed by atoms with Gasteiger partial charge in [0.05, 0.1) is 6.10 Å². The minimum Gasteiger partial charge on any atom is -0.387 e. The molecule has 0 aromatic carbocycles. The van der Waals surface area contributed by atoms with Crippen LogP contribution in [0.5, 0.6) is 0 Å². The summed E-state index contributed by atoms with van der Waals surface area (Å²) in [5.74, 6) is 0.0168. The van der Waals surface area contributed by atoms with Crippen molar-refractivity contribution < 1.29 is 9.90 Å². The summed E-state index contributed by atoms with van der Waals surface area (Å²) in [6, 6.07) is 3.64. The third-order valence-electron chi connectivity index (χ3n) is 2.10. The molecule has 1 unspecified atom stereocenters. The number of aromatic nitrogens is 1. The Bertz CT molecular complexity index is 316. The monoisotopic (exact) mass is 196 g/mol. The molecule has 1 rings (SSSR count). The fraction of sp³-hybridized carbons (Fsp3) is 0.500. The number of likely N-dealkylation sites (N-methyl/N-ethyl adjacent to an activating group) is 1. The van der Waals surface area contributed by atoms with Crippen LogP contribution in [0.15, 0.2) is 18.3 Å². The Kier molecular flexibility index (Phi) is 3.30. The first kappa shape index (κ1) is 10.8. The van der Waals surface area contributed by atoms with Crippen molar-refractivity contribution in [2.45, 2.75) is 19.6 Å². The summed E-state index contributed by atoms with van der Waals surface area (Å²) in [5, 5.41) is 9.40. The van der Waals surface area contributed by atoms with Crippen molar-refractivity contribution in [3.8, 4) is 0 Å². The highest BCUT2D eigenvalue weighted by Gasteiger charge is 2.10. The largest absolute Gasteiger partial charge is 0.387 e. The van der Waals surface area contributed by atoms with Gasteiger partial charge in [-0.05, 0) is 19.1 Å².